The number of hydrogen-bond acceptors (Lipinski definition) is 3. The first-order chi connectivity index (χ1) is 7.46. The lowest BCUT2D eigenvalue weighted by molar-refractivity contribution is 0.511. The zero-order valence-electron chi connectivity index (χ0n) is 8.41. The molecule has 0 saturated heterocycles. The number of nitrogens with one attached hydrogen (secondary N) is 1. The summed E-state index contributed by atoms with van der Waals surface area (Å²) in [6.45, 7) is 0.215. The third kappa shape index (κ3) is 3.42. The largest absolute Gasteiger partial charge is 0.330 e. The number of nitrogens with two attached hydrogens (primary N) is 1. The number of rotatable bonds is 5. The van der Waals surface area contributed by atoms with Gasteiger partial charge in [-0.25, -0.2) is 17.2 Å². The van der Waals surface area contributed by atoms with Crippen LogP contribution in [0.15, 0.2) is 18.2 Å². The maximum Gasteiger partial charge on any atom is 0.232 e. The first kappa shape index (κ1) is 12.9. The van der Waals surface area contributed by atoms with Crippen molar-refractivity contribution in [2.45, 2.75) is 6.42 Å². The number of halogens is 2. The summed E-state index contributed by atoms with van der Waals surface area (Å²) in [4.78, 5) is 0. The fourth-order valence-corrected chi connectivity index (χ4v) is 2.22. The summed E-state index contributed by atoms with van der Waals surface area (Å²) in [5, 5.41) is 0. The Balaban J connectivity index is 2.84. The van der Waals surface area contributed by atoms with Crippen molar-refractivity contribution in [3.63, 3.8) is 0 Å². The Kier molecular flexibility index (Phi) is 4.19. The zero-order chi connectivity index (χ0) is 12.2. The van der Waals surface area contributed by atoms with Gasteiger partial charge in [-0.2, -0.15) is 0 Å². The minimum absolute atomic E-state index is 0.215. The van der Waals surface area contributed by atoms with Crippen LogP contribution in [0.25, 0.3) is 0 Å². The average molecular weight is 250 g/mol. The molecule has 0 radical (unpaired) electrons. The summed E-state index contributed by atoms with van der Waals surface area (Å²) in [6.07, 6.45) is 0.256. The van der Waals surface area contributed by atoms with Crippen LogP contribution in [0.2, 0.25) is 0 Å². The highest BCUT2D eigenvalue weighted by atomic mass is 32.2. The molecule has 7 heteroatoms. The van der Waals surface area contributed by atoms with Crippen molar-refractivity contribution in [2.75, 3.05) is 17.0 Å². The third-order valence-electron chi connectivity index (χ3n) is 1.83. The van der Waals surface area contributed by atoms with E-state index < -0.39 is 27.3 Å². The van der Waals surface area contributed by atoms with Crippen molar-refractivity contribution < 1.29 is 17.2 Å². The molecular weight excluding hydrogens is 238 g/mol. The Hall–Kier alpha value is -1.21. The summed E-state index contributed by atoms with van der Waals surface area (Å²) in [7, 11) is -3.67. The Morgan fingerprint density at radius 3 is 2.62 bits per heavy atom. The quantitative estimate of drug-likeness (QED) is 0.820. The van der Waals surface area contributed by atoms with Crippen molar-refractivity contribution in [3.8, 4) is 0 Å². The Labute approximate surface area is 92.5 Å². The second-order valence-electron chi connectivity index (χ2n) is 3.16. The van der Waals surface area contributed by atoms with E-state index >= 15 is 0 Å². The van der Waals surface area contributed by atoms with E-state index in [0.29, 0.717) is 0 Å². The monoisotopic (exact) mass is 250 g/mol. The molecule has 0 fully saturated rings. The van der Waals surface area contributed by atoms with Crippen LogP contribution in [0, 0.1) is 11.6 Å². The number of anilines is 1. The maximum atomic E-state index is 13.1. The molecule has 0 amide bonds. The van der Waals surface area contributed by atoms with Gasteiger partial charge in [-0.15, -0.1) is 0 Å². The van der Waals surface area contributed by atoms with Gasteiger partial charge in [0.2, 0.25) is 10.0 Å². The van der Waals surface area contributed by atoms with Gasteiger partial charge in [0, 0.05) is 0 Å². The van der Waals surface area contributed by atoms with Crippen LogP contribution in [-0.4, -0.2) is 20.7 Å². The van der Waals surface area contributed by atoms with E-state index in [1.165, 1.54) is 6.07 Å². The van der Waals surface area contributed by atoms with Crippen LogP contribution in [0.1, 0.15) is 6.42 Å². The fraction of sp³-hybridized carbons (Fsp3) is 0.333. The lowest BCUT2D eigenvalue weighted by Crippen LogP contribution is -2.19. The first-order valence-corrected chi connectivity index (χ1v) is 6.26. The van der Waals surface area contributed by atoms with E-state index in [0.717, 1.165) is 12.1 Å². The van der Waals surface area contributed by atoms with Crippen molar-refractivity contribution in [2.24, 2.45) is 5.73 Å². The molecule has 1 rings (SSSR count). The highest BCUT2D eigenvalue weighted by molar-refractivity contribution is 7.92. The summed E-state index contributed by atoms with van der Waals surface area (Å²) in [5.41, 5.74) is 4.77. The van der Waals surface area contributed by atoms with Gasteiger partial charge in [0.1, 0.15) is 0 Å². The molecule has 4 nitrogen and oxygen atoms in total. The normalized spacial score (nSPS) is 11.4. The van der Waals surface area contributed by atoms with Crippen LogP contribution in [0.3, 0.4) is 0 Å². The molecule has 1 aromatic rings. The summed E-state index contributed by atoms with van der Waals surface area (Å²) >= 11 is 0. The fourth-order valence-electron chi connectivity index (χ4n) is 1.07. The molecule has 0 aliphatic rings. The van der Waals surface area contributed by atoms with Gasteiger partial charge in [0.25, 0.3) is 0 Å². The van der Waals surface area contributed by atoms with Crippen molar-refractivity contribution >= 4 is 15.7 Å². The van der Waals surface area contributed by atoms with Crippen LogP contribution in [-0.2, 0) is 10.0 Å². The zero-order valence-corrected chi connectivity index (χ0v) is 9.23. The van der Waals surface area contributed by atoms with E-state index in [1.54, 1.807) is 0 Å². The highest BCUT2D eigenvalue weighted by Crippen LogP contribution is 2.17. The van der Waals surface area contributed by atoms with Crippen LogP contribution in [0.4, 0.5) is 14.5 Å². The molecule has 0 aromatic heterocycles. The average Bonchev–Trinajstić information content (AvgIpc) is 2.22. The molecule has 0 bridgehead atoms. The summed E-state index contributed by atoms with van der Waals surface area (Å²) in [5.74, 6) is -2.53. The van der Waals surface area contributed by atoms with Gasteiger partial charge < -0.3 is 5.73 Å². The van der Waals surface area contributed by atoms with Crippen LogP contribution >= 0.6 is 0 Å². The van der Waals surface area contributed by atoms with Crippen molar-refractivity contribution in [3.05, 3.63) is 29.8 Å². The Morgan fingerprint density at radius 2 is 2.00 bits per heavy atom. The Morgan fingerprint density at radius 1 is 1.31 bits per heavy atom. The lowest BCUT2D eigenvalue weighted by atomic mass is 10.3. The number of benzene rings is 1. The van der Waals surface area contributed by atoms with E-state index in [1.807, 2.05) is 4.72 Å². The smallest absolute Gasteiger partial charge is 0.232 e. The van der Waals surface area contributed by atoms with E-state index in [4.69, 9.17) is 5.73 Å². The molecule has 3 N–H and O–H groups in total. The maximum absolute atomic E-state index is 13.1. The summed E-state index contributed by atoms with van der Waals surface area (Å²) < 4.78 is 50.6. The van der Waals surface area contributed by atoms with Gasteiger partial charge in [-0.05, 0) is 25.1 Å². The molecule has 0 spiro atoms. The first-order valence-electron chi connectivity index (χ1n) is 4.61. The van der Waals surface area contributed by atoms with Gasteiger partial charge in [0.05, 0.1) is 11.4 Å². The van der Waals surface area contributed by atoms with Crippen LogP contribution in [0.5, 0.6) is 0 Å². The van der Waals surface area contributed by atoms with Gasteiger partial charge >= 0.3 is 0 Å². The van der Waals surface area contributed by atoms with Crippen molar-refractivity contribution in [1.82, 2.24) is 0 Å². The second-order valence-corrected chi connectivity index (χ2v) is 5.01. The lowest BCUT2D eigenvalue weighted by Gasteiger charge is -2.08. The number of hydrogen-bond donors (Lipinski definition) is 2. The molecule has 1 aromatic carbocycles. The van der Waals surface area contributed by atoms with Crippen LogP contribution < -0.4 is 10.5 Å². The molecule has 0 aliphatic carbocycles. The minimum Gasteiger partial charge on any atom is -0.330 e. The van der Waals surface area contributed by atoms with Gasteiger partial charge in [-0.1, -0.05) is 6.07 Å². The Bertz CT molecular complexity index is 463. The predicted molar refractivity (Wildman–Crippen MR) is 57.4 cm³/mol. The number of sulfonamides is 1. The minimum atomic E-state index is -3.67. The summed E-state index contributed by atoms with van der Waals surface area (Å²) in [6, 6.07) is 3.28. The SMILES string of the molecule is NCCCS(=O)(=O)Nc1cccc(F)c1F. The third-order valence-corrected chi connectivity index (χ3v) is 3.19. The van der Waals surface area contributed by atoms with E-state index in [-0.39, 0.29) is 18.7 Å². The van der Waals surface area contributed by atoms with E-state index in [9.17, 15) is 17.2 Å². The predicted octanol–water partition coefficient (Wildman–Crippen LogP) is 1.06. The second kappa shape index (κ2) is 5.22. The molecule has 0 aliphatic heterocycles. The molecule has 0 heterocycles. The molecule has 0 atom stereocenters. The van der Waals surface area contributed by atoms with Gasteiger partial charge in [-0.3, -0.25) is 4.72 Å². The molecule has 0 saturated carbocycles. The highest BCUT2D eigenvalue weighted by Gasteiger charge is 2.14. The standard InChI is InChI=1S/C9H12F2N2O2S/c10-7-3-1-4-8(9(7)11)13-16(14,15)6-2-5-12/h1,3-4,13H,2,5-6,12H2. The van der Waals surface area contributed by atoms with Gasteiger partial charge in [0.15, 0.2) is 11.6 Å². The van der Waals surface area contributed by atoms with Crippen molar-refractivity contribution in [1.29, 1.82) is 0 Å². The topological polar surface area (TPSA) is 72.2 Å². The molecular formula is C9H12F2N2O2S. The molecule has 90 valence electrons. The molecule has 0 unspecified atom stereocenters. The van der Waals surface area contributed by atoms with E-state index in [2.05, 4.69) is 0 Å². The molecule has 16 heavy (non-hydrogen) atoms.